The minimum atomic E-state index is 0.382. The lowest BCUT2D eigenvalue weighted by Gasteiger charge is -2.08. The summed E-state index contributed by atoms with van der Waals surface area (Å²) in [7, 11) is 0. The number of thiazole rings is 1. The van der Waals surface area contributed by atoms with E-state index in [0.29, 0.717) is 12.6 Å². The molecule has 0 saturated heterocycles. The van der Waals surface area contributed by atoms with Crippen molar-refractivity contribution >= 4 is 11.3 Å². The van der Waals surface area contributed by atoms with Gasteiger partial charge in [-0.25, -0.2) is 4.98 Å². The summed E-state index contributed by atoms with van der Waals surface area (Å²) in [6, 6.07) is 0.382. The first-order chi connectivity index (χ1) is 5.72. The van der Waals surface area contributed by atoms with Crippen LogP contribution in [0.5, 0.6) is 0 Å². The molecule has 0 aliphatic carbocycles. The van der Waals surface area contributed by atoms with E-state index in [0.717, 1.165) is 11.6 Å². The SMILES string of the molecule is Cc1ncc(CN[C@@H](C)CN)s1. The molecule has 0 aliphatic heterocycles. The largest absolute Gasteiger partial charge is 0.329 e. The van der Waals surface area contributed by atoms with Gasteiger partial charge in [-0.1, -0.05) is 0 Å². The van der Waals surface area contributed by atoms with Gasteiger partial charge in [0.15, 0.2) is 0 Å². The molecular weight excluding hydrogens is 170 g/mol. The van der Waals surface area contributed by atoms with E-state index in [9.17, 15) is 0 Å². The Kier molecular flexibility index (Phi) is 3.65. The van der Waals surface area contributed by atoms with Crippen molar-refractivity contribution in [3.05, 3.63) is 16.1 Å². The fourth-order valence-corrected chi connectivity index (χ4v) is 1.59. The van der Waals surface area contributed by atoms with Gasteiger partial charge in [0, 0.05) is 30.2 Å². The van der Waals surface area contributed by atoms with E-state index in [1.165, 1.54) is 4.88 Å². The van der Waals surface area contributed by atoms with E-state index >= 15 is 0 Å². The van der Waals surface area contributed by atoms with Crippen LogP contribution >= 0.6 is 11.3 Å². The Morgan fingerprint density at radius 3 is 3.00 bits per heavy atom. The van der Waals surface area contributed by atoms with Gasteiger partial charge in [-0.15, -0.1) is 11.3 Å². The maximum atomic E-state index is 5.47. The van der Waals surface area contributed by atoms with Gasteiger partial charge >= 0.3 is 0 Å². The fraction of sp³-hybridized carbons (Fsp3) is 0.625. The molecule has 0 bridgehead atoms. The Balaban J connectivity index is 2.33. The molecule has 0 saturated carbocycles. The first kappa shape index (κ1) is 9.64. The third-order valence-corrected chi connectivity index (χ3v) is 2.56. The van der Waals surface area contributed by atoms with Gasteiger partial charge in [0.2, 0.25) is 0 Å². The molecule has 1 rings (SSSR count). The zero-order valence-corrected chi connectivity index (χ0v) is 8.32. The van der Waals surface area contributed by atoms with Crippen LogP contribution in [0.15, 0.2) is 6.20 Å². The van der Waals surface area contributed by atoms with Crippen LogP contribution in [0, 0.1) is 6.92 Å². The van der Waals surface area contributed by atoms with Crippen LogP contribution in [0.2, 0.25) is 0 Å². The maximum absolute atomic E-state index is 5.47. The summed E-state index contributed by atoms with van der Waals surface area (Å²) in [6.45, 7) is 5.65. The van der Waals surface area contributed by atoms with Crippen molar-refractivity contribution in [3.8, 4) is 0 Å². The normalized spacial score (nSPS) is 13.2. The number of nitrogens with zero attached hydrogens (tertiary/aromatic N) is 1. The van der Waals surface area contributed by atoms with E-state index in [1.54, 1.807) is 11.3 Å². The summed E-state index contributed by atoms with van der Waals surface area (Å²) in [5, 5.41) is 4.43. The number of aryl methyl sites for hydroxylation is 1. The summed E-state index contributed by atoms with van der Waals surface area (Å²) >= 11 is 1.73. The van der Waals surface area contributed by atoms with Crippen LogP contribution < -0.4 is 11.1 Å². The first-order valence-electron chi connectivity index (χ1n) is 4.07. The van der Waals surface area contributed by atoms with Gasteiger partial charge in [0.05, 0.1) is 5.01 Å². The second-order valence-corrected chi connectivity index (χ2v) is 4.18. The molecule has 1 atom stereocenters. The molecular formula is C8H15N3S. The van der Waals surface area contributed by atoms with Crippen LogP contribution in [0.1, 0.15) is 16.8 Å². The van der Waals surface area contributed by atoms with Crippen molar-refractivity contribution in [3.63, 3.8) is 0 Å². The van der Waals surface area contributed by atoms with Crippen LogP contribution in [0.3, 0.4) is 0 Å². The Bertz CT molecular complexity index is 234. The number of hydrogen-bond donors (Lipinski definition) is 2. The third-order valence-electron chi connectivity index (χ3n) is 1.65. The Morgan fingerprint density at radius 2 is 2.50 bits per heavy atom. The average Bonchev–Trinajstić information content (AvgIpc) is 2.47. The van der Waals surface area contributed by atoms with Crippen LogP contribution in [-0.4, -0.2) is 17.6 Å². The van der Waals surface area contributed by atoms with Crippen LogP contribution in [-0.2, 0) is 6.54 Å². The highest BCUT2D eigenvalue weighted by atomic mass is 32.1. The fourth-order valence-electron chi connectivity index (χ4n) is 0.845. The Morgan fingerprint density at radius 1 is 1.75 bits per heavy atom. The van der Waals surface area contributed by atoms with Crippen molar-refractivity contribution in [1.29, 1.82) is 0 Å². The lowest BCUT2D eigenvalue weighted by atomic mass is 10.3. The number of nitrogens with one attached hydrogen (secondary N) is 1. The van der Waals surface area contributed by atoms with E-state index in [4.69, 9.17) is 5.73 Å². The highest BCUT2D eigenvalue weighted by Crippen LogP contribution is 2.10. The molecule has 12 heavy (non-hydrogen) atoms. The van der Waals surface area contributed by atoms with E-state index in [2.05, 4.69) is 17.2 Å². The molecule has 0 spiro atoms. The van der Waals surface area contributed by atoms with Crippen molar-refractivity contribution in [2.75, 3.05) is 6.54 Å². The Hall–Kier alpha value is -0.450. The number of hydrogen-bond acceptors (Lipinski definition) is 4. The molecule has 0 aliphatic rings. The lowest BCUT2D eigenvalue weighted by molar-refractivity contribution is 0.559. The minimum Gasteiger partial charge on any atom is -0.329 e. The summed E-state index contributed by atoms with van der Waals surface area (Å²) in [6.07, 6.45) is 1.91. The predicted octanol–water partition coefficient (Wildman–Crippen LogP) is 0.888. The van der Waals surface area contributed by atoms with Crippen molar-refractivity contribution in [2.24, 2.45) is 5.73 Å². The average molecular weight is 185 g/mol. The number of rotatable bonds is 4. The first-order valence-corrected chi connectivity index (χ1v) is 4.88. The molecule has 0 fully saturated rings. The zero-order chi connectivity index (χ0) is 8.97. The molecule has 0 amide bonds. The summed E-state index contributed by atoms with van der Waals surface area (Å²) in [4.78, 5) is 5.44. The molecule has 0 unspecified atom stereocenters. The van der Waals surface area contributed by atoms with Crippen molar-refractivity contribution < 1.29 is 0 Å². The summed E-state index contributed by atoms with van der Waals surface area (Å²) in [5.41, 5.74) is 5.47. The maximum Gasteiger partial charge on any atom is 0.0897 e. The molecule has 68 valence electrons. The molecule has 4 heteroatoms. The summed E-state index contributed by atoms with van der Waals surface area (Å²) < 4.78 is 0. The predicted molar refractivity (Wildman–Crippen MR) is 52.2 cm³/mol. The summed E-state index contributed by atoms with van der Waals surface area (Å²) in [5.74, 6) is 0. The molecule has 1 aromatic rings. The van der Waals surface area contributed by atoms with Crippen LogP contribution in [0.25, 0.3) is 0 Å². The topological polar surface area (TPSA) is 50.9 Å². The van der Waals surface area contributed by atoms with Gasteiger partial charge in [-0.05, 0) is 13.8 Å². The lowest BCUT2D eigenvalue weighted by Crippen LogP contribution is -2.32. The quantitative estimate of drug-likeness (QED) is 0.732. The highest BCUT2D eigenvalue weighted by molar-refractivity contribution is 7.11. The molecule has 3 N–H and O–H groups in total. The molecule has 0 radical (unpaired) electrons. The van der Waals surface area contributed by atoms with Crippen molar-refractivity contribution in [2.45, 2.75) is 26.4 Å². The number of nitrogens with two attached hydrogens (primary N) is 1. The zero-order valence-electron chi connectivity index (χ0n) is 7.50. The number of aromatic nitrogens is 1. The van der Waals surface area contributed by atoms with Gasteiger partial charge in [-0.3, -0.25) is 0 Å². The third kappa shape index (κ3) is 2.89. The second kappa shape index (κ2) is 4.54. The van der Waals surface area contributed by atoms with E-state index < -0.39 is 0 Å². The Labute approximate surface area is 77.0 Å². The van der Waals surface area contributed by atoms with Gasteiger partial charge in [0.1, 0.15) is 0 Å². The van der Waals surface area contributed by atoms with Gasteiger partial charge < -0.3 is 11.1 Å². The molecule has 0 aromatic carbocycles. The monoisotopic (exact) mass is 185 g/mol. The smallest absolute Gasteiger partial charge is 0.0897 e. The molecule has 1 heterocycles. The molecule has 3 nitrogen and oxygen atoms in total. The molecule has 1 aromatic heterocycles. The van der Waals surface area contributed by atoms with Crippen molar-refractivity contribution in [1.82, 2.24) is 10.3 Å². The van der Waals surface area contributed by atoms with Crippen LogP contribution in [0.4, 0.5) is 0 Å². The van der Waals surface area contributed by atoms with E-state index in [1.807, 2.05) is 13.1 Å². The van der Waals surface area contributed by atoms with Gasteiger partial charge in [-0.2, -0.15) is 0 Å². The van der Waals surface area contributed by atoms with E-state index in [-0.39, 0.29) is 0 Å². The van der Waals surface area contributed by atoms with Gasteiger partial charge in [0.25, 0.3) is 0 Å². The minimum absolute atomic E-state index is 0.382. The standard InChI is InChI=1S/C8H15N3S/c1-6(3-9)10-4-8-5-11-7(2)12-8/h5-6,10H,3-4,9H2,1-2H3/t6-/m0/s1. The second-order valence-electron chi connectivity index (χ2n) is 2.86. The highest BCUT2D eigenvalue weighted by Gasteiger charge is 2.00.